The van der Waals surface area contributed by atoms with Crippen molar-refractivity contribution < 1.29 is 14.7 Å². The molecule has 0 aliphatic heterocycles. The van der Waals surface area contributed by atoms with Gasteiger partial charge in [0.2, 0.25) is 0 Å². The summed E-state index contributed by atoms with van der Waals surface area (Å²) < 4.78 is 5.79. The molecule has 0 saturated carbocycles. The largest absolute Gasteiger partial charge is 0.462 e. The van der Waals surface area contributed by atoms with Crippen LogP contribution in [0.25, 0.3) is 0 Å². The van der Waals surface area contributed by atoms with Gasteiger partial charge in [0.05, 0.1) is 23.6 Å². The third-order valence-corrected chi connectivity index (χ3v) is 1.89. The van der Waals surface area contributed by atoms with Crippen LogP contribution < -0.4 is 0 Å². The molecule has 0 spiro atoms. The fourth-order valence-corrected chi connectivity index (χ4v) is 1.17. The summed E-state index contributed by atoms with van der Waals surface area (Å²) in [4.78, 5) is 11.3. The van der Waals surface area contributed by atoms with E-state index in [1.54, 1.807) is 26.8 Å². The Hall–Kier alpha value is -1.45. The molecule has 1 aromatic rings. The molecule has 0 amide bonds. The van der Waals surface area contributed by atoms with Gasteiger partial charge in [0, 0.05) is 0 Å². The summed E-state index contributed by atoms with van der Waals surface area (Å²) in [5.74, 6) is -0.393. The van der Waals surface area contributed by atoms with Crippen LogP contribution >= 0.6 is 0 Å². The van der Waals surface area contributed by atoms with Crippen LogP contribution in [-0.2, 0) is 4.74 Å². The van der Waals surface area contributed by atoms with Crippen molar-refractivity contribution >= 4 is 5.97 Å². The number of nitrogens with zero attached hydrogens (tertiary/aromatic N) is 1. The molecule has 4 heteroatoms. The minimum atomic E-state index is -0.393. The van der Waals surface area contributed by atoms with Crippen LogP contribution in [0.3, 0.4) is 0 Å². The summed E-state index contributed by atoms with van der Waals surface area (Å²) in [5.41, 5.74) is 1.55. The van der Waals surface area contributed by atoms with Gasteiger partial charge < -0.3 is 9.94 Å². The molecule has 0 aromatic carbocycles. The fourth-order valence-electron chi connectivity index (χ4n) is 1.17. The van der Waals surface area contributed by atoms with E-state index in [1.165, 1.54) is 0 Å². The number of rotatable bonds is 2. The van der Waals surface area contributed by atoms with Crippen molar-refractivity contribution in [1.82, 2.24) is 4.73 Å². The predicted molar refractivity (Wildman–Crippen MR) is 47.0 cm³/mol. The zero-order chi connectivity index (χ0) is 10.0. The van der Waals surface area contributed by atoms with Crippen molar-refractivity contribution in [2.75, 3.05) is 6.61 Å². The zero-order valence-electron chi connectivity index (χ0n) is 8.00. The number of aromatic nitrogens is 1. The Morgan fingerprint density at radius 2 is 2.23 bits per heavy atom. The first kappa shape index (κ1) is 9.64. The number of carbonyl (C=O) groups excluding carboxylic acids is 1. The average Bonchev–Trinajstić information content (AvgIpc) is 2.33. The van der Waals surface area contributed by atoms with Crippen molar-refractivity contribution in [3.05, 3.63) is 23.0 Å². The van der Waals surface area contributed by atoms with Gasteiger partial charge in [-0.3, -0.25) is 0 Å². The highest BCUT2D eigenvalue weighted by molar-refractivity contribution is 5.91. The molecular weight excluding hydrogens is 170 g/mol. The lowest BCUT2D eigenvalue weighted by atomic mass is 10.2. The molecule has 0 saturated heterocycles. The minimum absolute atomic E-state index is 0.341. The van der Waals surface area contributed by atoms with Gasteiger partial charge in [-0.25, -0.2) is 4.79 Å². The third-order valence-electron chi connectivity index (χ3n) is 1.89. The first-order chi connectivity index (χ1) is 6.07. The third kappa shape index (κ3) is 1.66. The summed E-state index contributed by atoms with van der Waals surface area (Å²) in [7, 11) is 0. The quantitative estimate of drug-likeness (QED) is 0.558. The summed E-state index contributed by atoms with van der Waals surface area (Å²) in [6, 6.07) is 1.60. The fraction of sp³-hybridized carbons (Fsp3) is 0.444. The van der Waals surface area contributed by atoms with Gasteiger partial charge in [0.15, 0.2) is 0 Å². The van der Waals surface area contributed by atoms with Gasteiger partial charge in [-0.2, -0.15) is 4.73 Å². The molecule has 0 radical (unpaired) electrons. The second-order valence-electron chi connectivity index (χ2n) is 2.82. The molecule has 1 heterocycles. The Balaban J connectivity index is 3.01. The van der Waals surface area contributed by atoms with E-state index < -0.39 is 5.97 Å². The maximum absolute atomic E-state index is 11.3. The smallest absolute Gasteiger partial charge is 0.340 e. The number of carbonyl (C=O) groups is 1. The van der Waals surface area contributed by atoms with Crippen LogP contribution in [0, 0.1) is 13.8 Å². The summed E-state index contributed by atoms with van der Waals surface area (Å²) in [6.45, 7) is 5.47. The molecule has 0 aliphatic rings. The van der Waals surface area contributed by atoms with E-state index >= 15 is 0 Å². The number of aryl methyl sites for hydroxylation is 1. The van der Waals surface area contributed by atoms with Gasteiger partial charge in [-0.15, -0.1) is 0 Å². The van der Waals surface area contributed by atoms with Crippen LogP contribution in [0.1, 0.15) is 28.7 Å². The Kier molecular flexibility index (Phi) is 2.60. The van der Waals surface area contributed by atoms with Gasteiger partial charge in [-0.05, 0) is 26.8 Å². The van der Waals surface area contributed by atoms with Crippen LogP contribution in [0.4, 0.5) is 0 Å². The second-order valence-corrected chi connectivity index (χ2v) is 2.82. The van der Waals surface area contributed by atoms with Crippen molar-refractivity contribution in [3.63, 3.8) is 0 Å². The first-order valence-electron chi connectivity index (χ1n) is 4.13. The van der Waals surface area contributed by atoms with Crippen LogP contribution in [0.2, 0.25) is 0 Å². The average molecular weight is 183 g/mol. The maximum atomic E-state index is 11.3. The molecular formula is C9H13NO3. The van der Waals surface area contributed by atoms with Crippen LogP contribution in [0.15, 0.2) is 6.07 Å². The molecule has 0 atom stereocenters. The summed E-state index contributed by atoms with van der Waals surface area (Å²) in [5, 5.41) is 9.35. The van der Waals surface area contributed by atoms with Crippen molar-refractivity contribution in [3.8, 4) is 0 Å². The highest BCUT2D eigenvalue weighted by Crippen LogP contribution is 2.13. The van der Waals surface area contributed by atoms with E-state index in [9.17, 15) is 10.0 Å². The monoisotopic (exact) mass is 183 g/mol. The zero-order valence-corrected chi connectivity index (χ0v) is 8.00. The van der Waals surface area contributed by atoms with Crippen molar-refractivity contribution in [2.45, 2.75) is 20.8 Å². The topological polar surface area (TPSA) is 51.5 Å². The SMILES string of the molecule is CCOC(=O)c1cc(C)n(O)c1C. The molecule has 0 bridgehead atoms. The number of ether oxygens (including phenoxy) is 1. The molecule has 0 aliphatic carbocycles. The lowest BCUT2D eigenvalue weighted by Gasteiger charge is -2.00. The molecule has 0 unspecified atom stereocenters. The standard InChI is InChI=1S/C9H13NO3/c1-4-13-9(11)8-5-6(2)10(12)7(8)3/h5,12H,4H2,1-3H3. The summed E-state index contributed by atoms with van der Waals surface area (Å²) >= 11 is 0. The lowest BCUT2D eigenvalue weighted by Crippen LogP contribution is -2.06. The van der Waals surface area contributed by atoms with E-state index in [0.29, 0.717) is 23.6 Å². The first-order valence-corrected chi connectivity index (χ1v) is 4.13. The van der Waals surface area contributed by atoms with E-state index in [4.69, 9.17) is 4.74 Å². The van der Waals surface area contributed by atoms with Gasteiger partial charge >= 0.3 is 5.97 Å². The Morgan fingerprint density at radius 3 is 2.62 bits per heavy atom. The lowest BCUT2D eigenvalue weighted by molar-refractivity contribution is 0.0523. The van der Waals surface area contributed by atoms with E-state index in [1.807, 2.05) is 0 Å². The summed E-state index contributed by atoms with van der Waals surface area (Å²) in [6.07, 6.45) is 0. The van der Waals surface area contributed by atoms with Gasteiger partial charge in [0.1, 0.15) is 0 Å². The molecule has 1 aromatic heterocycles. The normalized spacial score (nSPS) is 10.1. The van der Waals surface area contributed by atoms with Gasteiger partial charge in [0.25, 0.3) is 0 Å². The predicted octanol–water partition coefficient (Wildman–Crippen LogP) is 1.52. The molecule has 1 rings (SSSR count). The maximum Gasteiger partial charge on any atom is 0.340 e. The molecule has 1 N–H and O–H groups in total. The van der Waals surface area contributed by atoms with Crippen molar-refractivity contribution in [1.29, 1.82) is 0 Å². The Morgan fingerprint density at radius 1 is 1.62 bits per heavy atom. The van der Waals surface area contributed by atoms with Crippen molar-refractivity contribution in [2.24, 2.45) is 0 Å². The molecule has 72 valence electrons. The highest BCUT2D eigenvalue weighted by atomic mass is 16.5. The molecule has 13 heavy (non-hydrogen) atoms. The highest BCUT2D eigenvalue weighted by Gasteiger charge is 2.15. The van der Waals surface area contributed by atoms with E-state index in [2.05, 4.69) is 0 Å². The second kappa shape index (κ2) is 3.51. The van der Waals surface area contributed by atoms with Gasteiger partial charge in [-0.1, -0.05) is 0 Å². The molecule has 0 fully saturated rings. The Labute approximate surface area is 76.7 Å². The van der Waals surface area contributed by atoms with Crippen LogP contribution in [0.5, 0.6) is 0 Å². The van der Waals surface area contributed by atoms with E-state index in [-0.39, 0.29) is 0 Å². The number of esters is 1. The van der Waals surface area contributed by atoms with E-state index in [0.717, 1.165) is 4.73 Å². The number of hydrogen-bond acceptors (Lipinski definition) is 3. The van der Waals surface area contributed by atoms with Crippen LogP contribution in [-0.4, -0.2) is 22.5 Å². The number of hydrogen-bond donors (Lipinski definition) is 1. The molecule has 4 nitrogen and oxygen atoms in total. The Bertz CT molecular complexity index is 328. The minimum Gasteiger partial charge on any atom is -0.462 e.